The van der Waals surface area contributed by atoms with E-state index in [0.717, 1.165) is 6.54 Å². The van der Waals surface area contributed by atoms with E-state index < -0.39 is 0 Å². The minimum atomic E-state index is -0.0986. The third kappa shape index (κ3) is 3.64. The molecule has 0 saturated carbocycles. The van der Waals surface area contributed by atoms with E-state index in [4.69, 9.17) is 0 Å². The average molecular weight is 273 g/mol. The van der Waals surface area contributed by atoms with Crippen LogP contribution in [-0.4, -0.2) is 39.6 Å². The third-order valence-corrected chi connectivity index (χ3v) is 2.90. The van der Waals surface area contributed by atoms with Crippen molar-refractivity contribution in [3.8, 4) is 5.82 Å². The molecule has 0 bridgehead atoms. The first-order chi connectivity index (χ1) is 9.70. The molecular weight excluding hydrogens is 254 g/mol. The zero-order valence-electron chi connectivity index (χ0n) is 11.7. The van der Waals surface area contributed by atoms with E-state index in [2.05, 4.69) is 20.6 Å². The molecular formula is C14H19N5O. The highest BCUT2D eigenvalue weighted by molar-refractivity contribution is 5.94. The normalized spacial score (nSPS) is 12.1. The molecule has 0 aromatic carbocycles. The minimum absolute atomic E-state index is 0.0986. The van der Waals surface area contributed by atoms with Crippen LogP contribution >= 0.6 is 0 Å². The molecule has 1 amide bonds. The van der Waals surface area contributed by atoms with Crippen LogP contribution in [-0.2, 0) is 0 Å². The molecule has 0 aliphatic heterocycles. The van der Waals surface area contributed by atoms with Crippen molar-refractivity contribution in [2.45, 2.75) is 19.9 Å². The van der Waals surface area contributed by atoms with Crippen molar-refractivity contribution in [3.63, 3.8) is 0 Å². The fraction of sp³-hybridized carbons (Fsp3) is 0.357. The molecule has 1 atom stereocenters. The van der Waals surface area contributed by atoms with Crippen LogP contribution in [0.3, 0.4) is 0 Å². The molecule has 0 spiro atoms. The summed E-state index contributed by atoms with van der Waals surface area (Å²) in [6, 6.07) is 3.70. The maximum absolute atomic E-state index is 12.1. The molecule has 0 saturated heterocycles. The highest BCUT2D eigenvalue weighted by Crippen LogP contribution is 2.06. The Morgan fingerprint density at radius 2 is 2.30 bits per heavy atom. The van der Waals surface area contributed by atoms with Crippen LogP contribution in [0.4, 0.5) is 0 Å². The van der Waals surface area contributed by atoms with E-state index in [-0.39, 0.29) is 11.9 Å². The lowest BCUT2D eigenvalue weighted by Gasteiger charge is -2.13. The summed E-state index contributed by atoms with van der Waals surface area (Å²) in [5, 5.41) is 6.15. The number of carbonyl (C=O) groups excluding carboxylic acids is 1. The maximum atomic E-state index is 12.1. The molecule has 0 aliphatic carbocycles. The van der Waals surface area contributed by atoms with Gasteiger partial charge in [-0.25, -0.2) is 9.97 Å². The maximum Gasteiger partial charge on any atom is 0.251 e. The molecule has 0 aliphatic rings. The lowest BCUT2D eigenvalue weighted by atomic mass is 10.2. The van der Waals surface area contributed by atoms with Gasteiger partial charge < -0.3 is 10.6 Å². The number of imidazole rings is 1. The highest BCUT2D eigenvalue weighted by atomic mass is 16.1. The lowest BCUT2D eigenvalue weighted by molar-refractivity contribution is 0.0950. The highest BCUT2D eigenvalue weighted by Gasteiger charge is 2.09. The summed E-state index contributed by atoms with van der Waals surface area (Å²) < 4.78 is 1.76. The molecule has 20 heavy (non-hydrogen) atoms. The largest absolute Gasteiger partial charge is 0.350 e. The quantitative estimate of drug-likeness (QED) is 0.823. The van der Waals surface area contributed by atoms with E-state index in [1.54, 1.807) is 41.6 Å². The predicted molar refractivity (Wildman–Crippen MR) is 76.8 cm³/mol. The van der Waals surface area contributed by atoms with Crippen LogP contribution in [0.2, 0.25) is 0 Å². The van der Waals surface area contributed by atoms with Gasteiger partial charge in [0.05, 0.1) is 0 Å². The van der Waals surface area contributed by atoms with E-state index in [1.807, 2.05) is 13.8 Å². The van der Waals surface area contributed by atoms with E-state index in [0.29, 0.717) is 17.9 Å². The van der Waals surface area contributed by atoms with Gasteiger partial charge in [0, 0.05) is 36.7 Å². The van der Waals surface area contributed by atoms with E-state index in [1.165, 1.54) is 0 Å². The molecule has 2 rings (SSSR count). The number of nitrogens with zero attached hydrogens (tertiary/aromatic N) is 3. The predicted octanol–water partition coefficient (Wildman–Crippen LogP) is 0.995. The fourth-order valence-electron chi connectivity index (χ4n) is 1.86. The summed E-state index contributed by atoms with van der Waals surface area (Å²) in [5.41, 5.74) is 0.590. The summed E-state index contributed by atoms with van der Waals surface area (Å²) >= 11 is 0. The van der Waals surface area contributed by atoms with Crippen LogP contribution in [0.1, 0.15) is 24.2 Å². The van der Waals surface area contributed by atoms with Gasteiger partial charge in [-0.15, -0.1) is 0 Å². The SMILES string of the molecule is CCN[C@H](C)CNC(=O)c1ccnc(-n2ccnc2)c1. The Kier molecular flexibility index (Phi) is 4.84. The van der Waals surface area contributed by atoms with Gasteiger partial charge in [0.15, 0.2) is 0 Å². The number of hydrogen-bond donors (Lipinski definition) is 2. The van der Waals surface area contributed by atoms with Gasteiger partial charge in [0.25, 0.3) is 5.91 Å². The van der Waals surface area contributed by atoms with Crippen molar-refractivity contribution in [3.05, 3.63) is 42.6 Å². The van der Waals surface area contributed by atoms with Crippen molar-refractivity contribution in [1.82, 2.24) is 25.2 Å². The van der Waals surface area contributed by atoms with E-state index >= 15 is 0 Å². The monoisotopic (exact) mass is 273 g/mol. The second kappa shape index (κ2) is 6.81. The smallest absolute Gasteiger partial charge is 0.251 e. The second-order valence-corrected chi connectivity index (χ2v) is 4.54. The lowest BCUT2D eigenvalue weighted by Crippen LogP contribution is -2.38. The molecule has 2 N–H and O–H groups in total. The Hall–Kier alpha value is -2.21. The van der Waals surface area contributed by atoms with Crippen molar-refractivity contribution in [2.24, 2.45) is 0 Å². The standard InChI is InChI=1S/C14H19N5O/c1-3-16-11(2)9-18-14(20)12-4-5-17-13(8-12)19-7-6-15-10-19/h4-8,10-11,16H,3,9H2,1-2H3,(H,18,20)/t11-/m1/s1. The summed E-state index contributed by atoms with van der Waals surface area (Å²) in [5.74, 6) is 0.577. The number of carbonyl (C=O) groups is 1. The molecule has 0 unspecified atom stereocenters. The van der Waals surface area contributed by atoms with Crippen molar-refractivity contribution >= 4 is 5.91 Å². The van der Waals surface area contributed by atoms with Gasteiger partial charge in [-0.05, 0) is 25.6 Å². The molecule has 0 radical (unpaired) electrons. The van der Waals surface area contributed by atoms with Crippen LogP contribution in [0.25, 0.3) is 5.82 Å². The first-order valence-corrected chi connectivity index (χ1v) is 6.66. The first-order valence-electron chi connectivity index (χ1n) is 6.66. The van der Waals surface area contributed by atoms with Gasteiger partial charge in [-0.3, -0.25) is 9.36 Å². The Morgan fingerprint density at radius 3 is 3.00 bits per heavy atom. The van der Waals surface area contributed by atoms with Gasteiger partial charge >= 0.3 is 0 Å². The van der Waals surface area contributed by atoms with E-state index in [9.17, 15) is 4.79 Å². The van der Waals surface area contributed by atoms with Gasteiger partial charge in [0.1, 0.15) is 12.1 Å². The zero-order chi connectivity index (χ0) is 14.4. The second-order valence-electron chi connectivity index (χ2n) is 4.54. The van der Waals surface area contributed by atoms with Crippen molar-refractivity contribution < 1.29 is 4.79 Å². The Balaban J connectivity index is 2.02. The van der Waals surface area contributed by atoms with Gasteiger partial charge in [0.2, 0.25) is 0 Å². The summed E-state index contributed by atoms with van der Waals surface area (Å²) in [6.07, 6.45) is 6.74. The average Bonchev–Trinajstić information content (AvgIpc) is 2.99. The van der Waals surface area contributed by atoms with Crippen LogP contribution < -0.4 is 10.6 Å². The number of amides is 1. The third-order valence-electron chi connectivity index (χ3n) is 2.90. The minimum Gasteiger partial charge on any atom is -0.350 e. The molecule has 2 aromatic rings. The molecule has 0 fully saturated rings. The Labute approximate surface area is 118 Å². The Morgan fingerprint density at radius 1 is 1.45 bits per heavy atom. The first kappa shape index (κ1) is 14.2. The summed E-state index contributed by atoms with van der Waals surface area (Å²) in [4.78, 5) is 20.3. The number of hydrogen-bond acceptors (Lipinski definition) is 4. The molecule has 2 heterocycles. The van der Waals surface area contributed by atoms with Crippen LogP contribution in [0.5, 0.6) is 0 Å². The molecule has 6 nitrogen and oxygen atoms in total. The number of aromatic nitrogens is 3. The van der Waals surface area contributed by atoms with Gasteiger partial charge in [-0.2, -0.15) is 0 Å². The zero-order valence-corrected chi connectivity index (χ0v) is 11.7. The molecule has 106 valence electrons. The van der Waals surface area contributed by atoms with Crippen molar-refractivity contribution in [2.75, 3.05) is 13.1 Å². The van der Waals surface area contributed by atoms with Gasteiger partial charge in [-0.1, -0.05) is 6.92 Å². The number of nitrogens with one attached hydrogen (secondary N) is 2. The topological polar surface area (TPSA) is 71.8 Å². The summed E-state index contributed by atoms with van der Waals surface area (Å²) in [6.45, 7) is 5.55. The summed E-state index contributed by atoms with van der Waals surface area (Å²) in [7, 11) is 0. The number of likely N-dealkylation sites (N-methyl/N-ethyl adjacent to an activating group) is 1. The number of pyridine rings is 1. The Bertz CT molecular complexity index is 552. The number of rotatable bonds is 6. The molecule has 6 heteroatoms. The van der Waals surface area contributed by atoms with Crippen LogP contribution in [0.15, 0.2) is 37.1 Å². The van der Waals surface area contributed by atoms with Crippen molar-refractivity contribution in [1.29, 1.82) is 0 Å². The molecule has 2 aromatic heterocycles. The van der Waals surface area contributed by atoms with Crippen LogP contribution in [0, 0.1) is 0 Å². The fourth-order valence-corrected chi connectivity index (χ4v) is 1.86.